The third-order valence-electron chi connectivity index (χ3n) is 4.74. The van der Waals surface area contributed by atoms with E-state index < -0.39 is 8.07 Å². The summed E-state index contributed by atoms with van der Waals surface area (Å²) in [6, 6.07) is 21.2. The van der Waals surface area contributed by atoms with Gasteiger partial charge in [0.25, 0.3) is 0 Å². The zero-order chi connectivity index (χ0) is 15.8. The Labute approximate surface area is 136 Å². The first-order chi connectivity index (χ1) is 10.7. The molecule has 0 aliphatic heterocycles. The van der Waals surface area contributed by atoms with Crippen molar-refractivity contribution in [2.45, 2.75) is 51.3 Å². The van der Waals surface area contributed by atoms with Gasteiger partial charge in [-0.25, -0.2) is 0 Å². The van der Waals surface area contributed by atoms with Crippen LogP contribution in [0.3, 0.4) is 0 Å². The van der Waals surface area contributed by atoms with E-state index in [0.29, 0.717) is 0 Å². The Morgan fingerprint density at radius 2 is 1.32 bits per heavy atom. The molecule has 2 heteroatoms. The Balaban J connectivity index is 2.26. The second kappa shape index (κ2) is 8.30. The standard InChI is InChI=1S/C20H28OSi/c1-3-4-5-12-17-20(21)22(2,18-13-8-6-9-14-18)19-15-10-7-11-16-19/h6-11,13-16,20-21H,3-5,12,17H2,1-2H3. The summed E-state index contributed by atoms with van der Waals surface area (Å²) >= 11 is 0. The quantitative estimate of drug-likeness (QED) is 0.581. The van der Waals surface area contributed by atoms with Gasteiger partial charge >= 0.3 is 0 Å². The number of aliphatic hydroxyl groups is 1. The molecule has 0 heterocycles. The van der Waals surface area contributed by atoms with Gasteiger partial charge in [-0.2, -0.15) is 0 Å². The van der Waals surface area contributed by atoms with Crippen molar-refractivity contribution in [3.8, 4) is 0 Å². The molecule has 2 aromatic carbocycles. The normalized spacial score (nSPS) is 13.0. The Morgan fingerprint density at radius 1 is 0.818 bits per heavy atom. The number of hydrogen-bond acceptors (Lipinski definition) is 1. The fraction of sp³-hybridized carbons (Fsp3) is 0.400. The summed E-state index contributed by atoms with van der Waals surface area (Å²) in [4.78, 5) is 0. The van der Waals surface area contributed by atoms with E-state index in [-0.39, 0.29) is 5.73 Å². The van der Waals surface area contributed by atoms with Crippen LogP contribution in [0.1, 0.15) is 39.0 Å². The first-order valence-corrected chi connectivity index (χ1v) is 11.1. The van der Waals surface area contributed by atoms with Gasteiger partial charge in [0.1, 0.15) is 8.07 Å². The van der Waals surface area contributed by atoms with E-state index in [1.807, 2.05) is 0 Å². The van der Waals surface area contributed by atoms with Gasteiger partial charge in [0.05, 0.1) is 5.73 Å². The molecule has 2 rings (SSSR count). The summed E-state index contributed by atoms with van der Waals surface area (Å²) < 4.78 is 0. The molecule has 0 amide bonds. The molecule has 0 saturated heterocycles. The van der Waals surface area contributed by atoms with E-state index in [9.17, 15) is 5.11 Å². The van der Waals surface area contributed by atoms with Crippen molar-refractivity contribution in [2.24, 2.45) is 0 Å². The minimum absolute atomic E-state index is 0.228. The fourth-order valence-electron chi connectivity index (χ4n) is 3.17. The van der Waals surface area contributed by atoms with E-state index >= 15 is 0 Å². The highest BCUT2D eigenvalue weighted by Gasteiger charge is 2.38. The van der Waals surface area contributed by atoms with E-state index in [4.69, 9.17) is 0 Å². The van der Waals surface area contributed by atoms with Gasteiger partial charge in [0.15, 0.2) is 0 Å². The third kappa shape index (κ3) is 3.87. The summed E-state index contributed by atoms with van der Waals surface area (Å²) in [5.41, 5.74) is -0.228. The van der Waals surface area contributed by atoms with E-state index in [2.05, 4.69) is 74.1 Å². The highest BCUT2D eigenvalue weighted by molar-refractivity contribution is 7.02. The topological polar surface area (TPSA) is 20.2 Å². The highest BCUT2D eigenvalue weighted by atomic mass is 28.3. The number of rotatable bonds is 8. The first kappa shape index (κ1) is 17.0. The Morgan fingerprint density at radius 3 is 1.77 bits per heavy atom. The molecule has 0 aromatic heterocycles. The van der Waals surface area contributed by atoms with Crippen molar-refractivity contribution in [2.75, 3.05) is 0 Å². The molecule has 1 unspecified atom stereocenters. The van der Waals surface area contributed by atoms with Gasteiger partial charge in [-0.1, -0.05) is 110 Å². The maximum absolute atomic E-state index is 11.0. The monoisotopic (exact) mass is 312 g/mol. The van der Waals surface area contributed by atoms with Crippen molar-refractivity contribution in [3.05, 3.63) is 60.7 Å². The zero-order valence-electron chi connectivity index (χ0n) is 13.8. The Bertz CT molecular complexity index is 499. The van der Waals surface area contributed by atoms with E-state index in [0.717, 1.165) is 12.8 Å². The highest BCUT2D eigenvalue weighted by Crippen LogP contribution is 2.16. The Kier molecular flexibility index (Phi) is 6.41. The number of unbranched alkanes of at least 4 members (excludes halogenated alkanes) is 3. The lowest BCUT2D eigenvalue weighted by atomic mass is 10.2. The molecule has 0 radical (unpaired) electrons. The SMILES string of the molecule is CCCCCCC(O)[Si](C)(c1ccccc1)c1ccccc1. The summed E-state index contributed by atoms with van der Waals surface area (Å²) in [5.74, 6) is 0. The van der Waals surface area contributed by atoms with Crippen LogP contribution in [0, 0.1) is 0 Å². The van der Waals surface area contributed by atoms with Crippen LogP contribution in [-0.2, 0) is 0 Å². The summed E-state index contributed by atoms with van der Waals surface area (Å²) in [5, 5.41) is 13.7. The van der Waals surface area contributed by atoms with Crippen LogP contribution in [0.25, 0.3) is 0 Å². The van der Waals surface area contributed by atoms with Crippen LogP contribution < -0.4 is 10.4 Å². The summed E-state index contributed by atoms with van der Waals surface area (Å²) in [7, 11) is -2.11. The molecule has 1 atom stereocenters. The van der Waals surface area contributed by atoms with Crippen LogP contribution in [0.5, 0.6) is 0 Å². The minimum atomic E-state index is -2.11. The maximum Gasteiger partial charge on any atom is 0.145 e. The van der Waals surface area contributed by atoms with E-state index in [1.165, 1.54) is 29.6 Å². The zero-order valence-corrected chi connectivity index (χ0v) is 14.8. The third-order valence-corrected chi connectivity index (χ3v) is 9.43. The predicted molar refractivity (Wildman–Crippen MR) is 98.5 cm³/mol. The maximum atomic E-state index is 11.0. The lowest BCUT2D eigenvalue weighted by Gasteiger charge is -2.33. The molecule has 1 N–H and O–H groups in total. The largest absolute Gasteiger partial charge is 0.396 e. The smallest absolute Gasteiger partial charge is 0.145 e. The van der Waals surface area contributed by atoms with Gasteiger partial charge in [-0.15, -0.1) is 0 Å². The van der Waals surface area contributed by atoms with Gasteiger partial charge in [-0.05, 0) is 6.42 Å². The lowest BCUT2D eigenvalue weighted by Crippen LogP contribution is -2.64. The average molecular weight is 313 g/mol. The van der Waals surface area contributed by atoms with Crippen molar-refractivity contribution in [1.29, 1.82) is 0 Å². The molecule has 0 aliphatic rings. The molecule has 118 valence electrons. The predicted octanol–water partition coefficient (Wildman–Crippen LogP) is 3.75. The van der Waals surface area contributed by atoms with Crippen molar-refractivity contribution in [1.82, 2.24) is 0 Å². The van der Waals surface area contributed by atoms with Crippen LogP contribution in [-0.4, -0.2) is 18.9 Å². The molecule has 0 fully saturated rings. The van der Waals surface area contributed by atoms with Crippen LogP contribution in [0.15, 0.2) is 60.7 Å². The summed E-state index contributed by atoms with van der Waals surface area (Å²) in [6.07, 6.45) is 5.76. The number of aliphatic hydroxyl groups excluding tert-OH is 1. The molecule has 0 aliphatic carbocycles. The molecular formula is C20H28OSi. The van der Waals surface area contributed by atoms with Crippen molar-refractivity contribution in [3.63, 3.8) is 0 Å². The second-order valence-corrected chi connectivity index (χ2v) is 10.5. The Hall–Kier alpha value is -1.38. The average Bonchev–Trinajstić information content (AvgIpc) is 2.59. The van der Waals surface area contributed by atoms with Gasteiger partial charge in [0.2, 0.25) is 0 Å². The van der Waals surface area contributed by atoms with Crippen molar-refractivity contribution >= 4 is 18.4 Å². The van der Waals surface area contributed by atoms with Gasteiger partial charge in [-0.3, -0.25) is 0 Å². The number of benzene rings is 2. The number of hydrogen-bond donors (Lipinski definition) is 1. The minimum Gasteiger partial charge on any atom is -0.396 e. The molecular weight excluding hydrogens is 284 g/mol. The fourth-order valence-corrected chi connectivity index (χ4v) is 6.83. The van der Waals surface area contributed by atoms with Crippen molar-refractivity contribution < 1.29 is 5.11 Å². The first-order valence-electron chi connectivity index (χ1n) is 8.48. The molecule has 22 heavy (non-hydrogen) atoms. The summed E-state index contributed by atoms with van der Waals surface area (Å²) in [6.45, 7) is 4.53. The second-order valence-electron chi connectivity index (χ2n) is 6.30. The van der Waals surface area contributed by atoms with Gasteiger partial charge in [0, 0.05) is 0 Å². The molecule has 2 aromatic rings. The molecule has 0 bridgehead atoms. The van der Waals surface area contributed by atoms with Gasteiger partial charge < -0.3 is 5.11 Å². The van der Waals surface area contributed by atoms with Crippen LogP contribution in [0.4, 0.5) is 0 Å². The molecule has 0 spiro atoms. The van der Waals surface area contributed by atoms with Crippen LogP contribution in [0.2, 0.25) is 6.55 Å². The van der Waals surface area contributed by atoms with Crippen LogP contribution >= 0.6 is 0 Å². The lowest BCUT2D eigenvalue weighted by molar-refractivity contribution is 0.231. The molecule has 1 nitrogen and oxygen atoms in total. The molecule has 0 saturated carbocycles. The van der Waals surface area contributed by atoms with E-state index in [1.54, 1.807) is 0 Å².